The minimum Gasteiger partial charge on any atom is -0.508 e. The van der Waals surface area contributed by atoms with Crippen molar-refractivity contribution < 1.29 is 10.2 Å². The quantitative estimate of drug-likeness (QED) is 0.705. The summed E-state index contributed by atoms with van der Waals surface area (Å²) < 4.78 is 0. The van der Waals surface area contributed by atoms with Crippen molar-refractivity contribution in [3.63, 3.8) is 0 Å². The van der Waals surface area contributed by atoms with E-state index in [0.29, 0.717) is 17.1 Å². The first-order valence-corrected chi connectivity index (χ1v) is 8.18. The van der Waals surface area contributed by atoms with E-state index in [2.05, 4.69) is 18.2 Å². The third kappa shape index (κ3) is 1.65. The number of fused-ring (bicyclic) bond motifs is 2. The minimum atomic E-state index is 0. The van der Waals surface area contributed by atoms with Gasteiger partial charge < -0.3 is 10.2 Å². The van der Waals surface area contributed by atoms with E-state index in [0.717, 1.165) is 13.0 Å². The number of benzene rings is 1. The second kappa shape index (κ2) is 5.13. The zero-order valence-electron chi connectivity index (χ0n) is 12.7. The van der Waals surface area contributed by atoms with Gasteiger partial charge in [-0.1, -0.05) is 31.7 Å². The second-order valence-corrected chi connectivity index (χ2v) is 7.32. The molecule has 0 saturated heterocycles. The van der Waals surface area contributed by atoms with Crippen molar-refractivity contribution in [2.45, 2.75) is 51.4 Å². The Kier molecular flexibility index (Phi) is 3.64. The van der Waals surface area contributed by atoms with Crippen LogP contribution in [0.4, 0.5) is 0 Å². The zero-order valence-corrected chi connectivity index (χ0v) is 12.7. The SMILES string of the molecule is C.CO.Oc1cccc2c1C13CCC=CC1C1CCC1(C2)C3. The van der Waals surface area contributed by atoms with Crippen molar-refractivity contribution in [2.75, 3.05) is 7.11 Å². The van der Waals surface area contributed by atoms with Gasteiger partial charge in [-0.3, -0.25) is 0 Å². The second-order valence-electron chi connectivity index (χ2n) is 7.32. The van der Waals surface area contributed by atoms with Gasteiger partial charge >= 0.3 is 0 Å². The van der Waals surface area contributed by atoms with E-state index >= 15 is 0 Å². The Morgan fingerprint density at radius 2 is 2.00 bits per heavy atom. The Morgan fingerprint density at radius 1 is 1.18 bits per heavy atom. The van der Waals surface area contributed by atoms with Crippen LogP contribution in [-0.2, 0) is 11.8 Å². The summed E-state index contributed by atoms with van der Waals surface area (Å²) in [6, 6.07) is 6.21. The van der Waals surface area contributed by atoms with E-state index < -0.39 is 0 Å². The highest BCUT2D eigenvalue weighted by Crippen LogP contribution is 2.74. The largest absolute Gasteiger partial charge is 0.508 e. The van der Waals surface area contributed by atoms with Gasteiger partial charge in [0.15, 0.2) is 0 Å². The van der Waals surface area contributed by atoms with E-state index in [9.17, 15) is 5.11 Å². The number of aliphatic hydroxyl groups excluding tert-OH is 1. The van der Waals surface area contributed by atoms with Gasteiger partial charge in [0.05, 0.1) is 0 Å². The molecule has 0 heterocycles. The van der Waals surface area contributed by atoms with Crippen LogP contribution < -0.4 is 0 Å². The van der Waals surface area contributed by atoms with Crippen molar-refractivity contribution in [3.05, 3.63) is 41.5 Å². The average Bonchev–Trinajstić information content (AvgIpc) is 2.64. The molecule has 1 aromatic rings. The summed E-state index contributed by atoms with van der Waals surface area (Å²) in [6.45, 7) is 0. The maximum atomic E-state index is 10.5. The fourth-order valence-electron chi connectivity index (χ4n) is 6.14. The van der Waals surface area contributed by atoms with Gasteiger partial charge in [-0.2, -0.15) is 0 Å². The molecule has 2 nitrogen and oxygen atoms in total. The van der Waals surface area contributed by atoms with Crippen molar-refractivity contribution in [1.29, 1.82) is 0 Å². The third-order valence-corrected chi connectivity index (χ3v) is 6.75. The van der Waals surface area contributed by atoms with Crippen LogP contribution in [0.1, 0.15) is 50.7 Å². The molecule has 4 aliphatic rings. The molecule has 2 saturated carbocycles. The molecule has 4 atom stereocenters. The molecule has 0 radical (unpaired) electrons. The van der Waals surface area contributed by atoms with Crippen LogP contribution >= 0.6 is 0 Å². The number of rotatable bonds is 0. The van der Waals surface area contributed by atoms with Crippen LogP contribution in [0.2, 0.25) is 0 Å². The van der Waals surface area contributed by atoms with Gasteiger partial charge in [0.2, 0.25) is 0 Å². The van der Waals surface area contributed by atoms with Crippen molar-refractivity contribution in [1.82, 2.24) is 0 Å². The number of aliphatic hydroxyl groups is 1. The summed E-state index contributed by atoms with van der Waals surface area (Å²) in [5, 5.41) is 17.5. The molecule has 1 aromatic carbocycles. The van der Waals surface area contributed by atoms with E-state index in [4.69, 9.17) is 5.11 Å². The lowest BCUT2D eigenvalue weighted by Crippen LogP contribution is -2.40. The maximum absolute atomic E-state index is 10.5. The summed E-state index contributed by atoms with van der Waals surface area (Å²) in [7, 11) is 1.00. The Hall–Kier alpha value is -1.28. The first-order valence-electron chi connectivity index (χ1n) is 8.18. The Labute approximate surface area is 133 Å². The van der Waals surface area contributed by atoms with Gasteiger partial charge in [-0.15, -0.1) is 0 Å². The highest BCUT2D eigenvalue weighted by Gasteiger charge is 2.67. The Morgan fingerprint density at radius 3 is 2.73 bits per heavy atom. The Balaban J connectivity index is 0.000000463. The molecule has 2 bridgehead atoms. The van der Waals surface area contributed by atoms with Crippen molar-refractivity contribution >= 4 is 0 Å². The van der Waals surface area contributed by atoms with Gasteiger partial charge in [-0.05, 0) is 67.4 Å². The average molecular weight is 300 g/mol. The fourth-order valence-corrected chi connectivity index (χ4v) is 6.14. The molecule has 0 amide bonds. The molecular formula is C20H28O2. The summed E-state index contributed by atoms with van der Waals surface area (Å²) in [5.41, 5.74) is 3.63. The monoisotopic (exact) mass is 300 g/mol. The third-order valence-electron chi connectivity index (χ3n) is 6.75. The predicted octanol–water partition coefficient (Wildman–Crippen LogP) is 4.20. The normalized spacial score (nSPS) is 39.2. The number of aromatic hydroxyl groups is 1. The number of hydrogen-bond acceptors (Lipinski definition) is 2. The highest BCUT2D eigenvalue weighted by atomic mass is 16.3. The van der Waals surface area contributed by atoms with E-state index in [1.54, 1.807) is 0 Å². The summed E-state index contributed by atoms with van der Waals surface area (Å²) >= 11 is 0. The van der Waals surface area contributed by atoms with Crippen LogP contribution in [0.25, 0.3) is 0 Å². The number of hydrogen-bond donors (Lipinski definition) is 2. The predicted molar refractivity (Wildman–Crippen MR) is 90.0 cm³/mol. The van der Waals surface area contributed by atoms with Crippen molar-refractivity contribution in [3.8, 4) is 5.75 Å². The number of allylic oxidation sites excluding steroid dienone is 2. The number of phenolic OH excluding ortho intramolecular Hbond substituents is 1. The standard InChI is InChI=1S/C18H20O.CH4O.CH4/c19-15-6-3-4-12-10-17-9-7-13(17)14-5-1-2-8-18(14,11-17)16(12)15;1-2;/h1,3-6,13-14,19H,2,7-11H2;2H,1H3;1H4. The van der Waals surface area contributed by atoms with E-state index in [1.165, 1.54) is 49.7 Å². The van der Waals surface area contributed by atoms with Gasteiger partial charge in [-0.25, -0.2) is 0 Å². The Bertz CT molecular complexity index is 606. The van der Waals surface area contributed by atoms with Crippen LogP contribution in [0.15, 0.2) is 30.4 Å². The molecule has 0 aromatic heterocycles. The van der Waals surface area contributed by atoms with Crippen LogP contribution in [-0.4, -0.2) is 17.3 Å². The topological polar surface area (TPSA) is 40.5 Å². The molecule has 5 rings (SSSR count). The molecule has 2 spiro atoms. The molecule has 120 valence electrons. The molecule has 22 heavy (non-hydrogen) atoms. The van der Waals surface area contributed by atoms with Crippen molar-refractivity contribution in [2.24, 2.45) is 17.3 Å². The molecule has 0 aliphatic heterocycles. The molecular weight excluding hydrogens is 272 g/mol. The first-order chi connectivity index (χ1) is 10.3. The molecule has 4 unspecified atom stereocenters. The van der Waals surface area contributed by atoms with E-state index in [-0.39, 0.29) is 12.8 Å². The van der Waals surface area contributed by atoms with Gasteiger partial charge in [0.25, 0.3) is 0 Å². The highest BCUT2D eigenvalue weighted by molar-refractivity contribution is 5.52. The first kappa shape index (κ1) is 15.6. The number of phenols is 1. The smallest absolute Gasteiger partial charge is 0.119 e. The fraction of sp³-hybridized carbons (Fsp3) is 0.600. The van der Waals surface area contributed by atoms with Gasteiger partial charge in [0, 0.05) is 18.1 Å². The maximum Gasteiger partial charge on any atom is 0.119 e. The molecule has 2 heteroatoms. The summed E-state index contributed by atoms with van der Waals surface area (Å²) in [5.74, 6) is 2.15. The molecule has 2 N–H and O–H groups in total. The lowest BCUT2D eigenvalue weighted by Gasteiger charge is -2.48. The summed E-state index contributed by atoms with van der Waals surface area (Å²) in [6.07, 6.45) is 12.7. The zero-order chi connectivity index (χ0) is 14.7. The van der Waals surface area contributed by atoms with Crippen LogP contribution in [0, 0.1) is 17.3 Å². The molecule has 2 fully saturated rings. The van der Waals surface area contributed by atoms with Gasteiger partial charge in [0.1, 0.15) is 5.75 Å². The minimum absolute atomic E-state index is 0. The molecule has 4 aliphatic carbocycles. The van der Waals surface area contributed by atoms with Crippen LogP contribution in [0.3, 0.4) is 0 Å². The summed E-state index contributed by atoms with van der Waals surface area (Å²) in [4.78, 5) is 0. The van der Waals surface area contributed by atoms with E-state index in [1.807, 2.05) is 12.1 Å². The lowest BCUT2D eigenvalue weighted by atomic mass is 9.56. The van der Waals surface area contributed by atoms with Crippen LogP contribution in [0.5, 0.6) is 5.75 Å². The lowest BCUT2D eigenvalue weighted by molar-refractivity contribution is 0.0490.